The van der Waals surface area contributed by atoms with Crippen LogP contribution in [0.25, 0.3) is 22.4 Å². The first kappa shape index (κ1) is 15.2. The number of fused-ring (bicyclic) bond motifs is 1. The summed E-state index contributed by atoms with van der Waals surface area (Å²) in [6, 6.07) is 15.5. The second kappa shape index (κ2) is 6.29. The largest absolute Gasteiger partial charge is 0.341 e. The van der Waals surface area contributed by atoms with Gasteiger partial charge >= 0.3 is 0 Å². The predicted octanol–water partition coefficient (Wildman–Crippen LogP) is 3.98. The third-order valence-electron chi connectivity index (χ3n) is 4.52. The maximum absolute atomic E-state index is 12.7. The fourth-order valence-corrected chi connectivity index (χ4v) is 3.51. The molecule has 1 amide bonds. The highest BCUT2D eigenvalue weighted by Gasteiger charge is 2.21. The zero-order chi connectivity index (χ0) is 16.5. The minimum atomic E-state index is 0.143. The maximum Gasteiger partial charge on any atom is 0.242 e. The van der Waals surface area contributed by atoms with Gasteiger partial charge in [-0.25, -0.2) is 4.98 Å². The topological polar surface area (TPSA) is 38.1 Å². The Bertz CT molecular complexity index is 897. The van der Waals surface area contributed by atoms with E-state index in [-0.39, 0.29) is 5.91 Å². The van der Waals surface area contributed by atoms with E-state index in [1.807, 2.05) is 58.0 Å². The normalized spacial score (nSPS) is 14.5. The van der Waals surface area contributed by atoms with Crippen LogP contribution in [-0.4, -0.2) is 33.4 Å². The first-order valence-corrected chi connectivity index (χ1v) is 8.60. The number of rotatable bonds is 3. The molecule has 2 aromatic carbocycles. The van der Waals surface area contributed by atoms with Gasteiger partial charge in [-0.05, 0) is 37.1 Å². The maximum atomic E-state index is 12.7. The third-order valence-corrected chi connectivity index (χ3v) is 4.85. The van der Waals surface area contributed by atoms with Crippen LogP contribution in [-0.2, 0) is 11.3 Å². The number of hydrogen-bond donors (Lipinski definition) is 0. The highest BCUT2D eigenvalue weighted by Crippen LogP contribution is 2.30. The smallest absolute Gasteiger partial charge is 0.242 e. The second-order valence-electron chi connectivity index (χ2n) is 6.08. The highest BCUT2D eigenvalue weighted by atomic mass is 35.5. The molecule has 4 rings (SSSR count). The first-order chi connectivity index (χ1) is 11.7. The molecule has 1 saturated heterocycles. The molecule has 0 aliphatic carbocycles. The number of benzene rings is 2. The SMILES string of the molecule is O=C(Cn1c(-c2ccccc2Cl)nc2ccccc21)N1CCCC1. The van der Waals surface area contributed by atoms with E-state index in [2.05, 4.69) is 0 Å². The average Bonchev–Trinajstić information content (AvgIpc) is 3.24. The summed E-state index contributed by atoms with van der Waals surface area (Å²) in [6.45, 7) is 2.00. The van der Waals surface area contributed by atoms with E-state index in [0.717, 1.165) is 48.4 Å². The predicted molar refractivity (Wildman–Crippen MR) is 96.0 cm³/mol. The highest BCUT2D eigenvalue weighted by molar-refractivity contribution is 6.33. The summed E-state index contributed by atoms with van der Waals surface area (Å²) in [5, 5.41) is 0.641. The molecule has 0 bridgehead atoms. The van der Waals surface area contributed by atoms with Crippen molar-refractivity contribution < 1.29 is 4.79 Å². The molecule has 24 heavy (non-hydrogen) atoms. The lowest BCUT2D eigenvalue weighted by Gasteiger charge is -2.17. The molecule has 0 radical (unpaired) electrons. The van der Waals surface area contributed by atoms with Crippen LogP contribution in [0.3, 0.4) is 0 Å². The van der Waals surface area contributed by atoms with E-state index < -0.39 is 0 Å². The summed E-state index contributed by atoms with van der Waals surface area (Å²) in [6.07, 6.45) is 2.18. The summed E-state index contributed by atoms with van der Waals surface area (Å²) < 4.78 is 1.98. The van der Waals surface area contributed by atoms with Crippen LogP contribution in [0.2, 0.25) is 5.02 Å². The van der Waals surface area contributed by atoms with E-state index in [1.165, 1.54) is 0 Å². The Morgan fingerprint density at radius 3 is 2.54 bits per heavy atom. The lowest BCUT2D eigenvalue weighted by atomic mass is 10.2. The van der Waals surface area contributed by atoms with Crippen molar-refractivity contribution in [3.63, 3.8) is 0 Å². The monoisotopic (exact) mass is 339 g/mol. The van der Waals surface area contributed by atoms with Gasteiger partial charge in [0.25, 0.3) is 0 Å². The summed E-state index contributed by atoms with van der Waals surface area (Å²) in [5.74, 6) is 0.887. The third kappa shape index (κ3) is 2.67. The number of imidazole rings is 1. The van der Waals surface area contributed by atoms with Gasteiger partial charge < -0.3 is 9.47 Å². The van der Waals surface area contributed by atoms with Gasteiger partial charge in [-0.2, -0.15) is 0 Å². The van der Waals surface area contributed by atoms with Gasteiger partial charge in [0, 0.05) is 18.7 Å². The van der Waals surface area contributed by atoms with Crippen molar-refractivity contribution in [3.8, 4) is 11.4 Å². The molecule has 0 atom stereocenters. The molecule has 0 unspecified atom stereocenters. The zero-order valence-electron chi connectivity index (χ0n) is 13.3. The number of amides is 1. The van der Waals surface area contributed by atoms with E-state index in [0.29, 0.717) is 11.6 Å². The van der Waals surface area contributed by atoms with Gasteiger partial charge in [0.15, 0.2) is 0 Å². The molecule has 2 heterocycles. The van der Waals surface area contributed by atoms with Crippen molar-refractivity contribution in [2.45, 2.75) is 19.4 Å². The fourth-order valence-electron chi connectivity index (χ4n) is 3.29. The number of halogens is 1. The van der Waals surface area contributed by atoms with Gasteiger partial charge in [-0.1, -0.05) is 35.9 Å². The number of likely N-dealkylation sites (tertiary alicyclic amines) is 1. The number of aromatic nitrogens is 2. The Morgan fingerprint density at radius 2 is 1.75 bits per heavy atom. The number of carbonyl (C=O) groups excluding carboxylic acids is 1. The summed E-state index contributed by atoms with van der Waals surface area (Å²) in [7, 11) is 0. The molecular weight excluding hydrogens is 322 g/mol. The standard InChI is InChI=1S/C19H18ClN3O/c20-15-8-2-1-7-14(15)19-21-16-9-3-4-10-17(16)23(19)13-18(24)22-11-5-6-12-22/h1-4,7-10H,5-6,11-13H2. The Balaban J connectivity index is 1.81. The molecule has 1 aromatic heterocycles. The summed E-state index contributed by atoms with van der Waals surface area (Å²) in [5.41, 5.74) is 2.69. The Kier molecular flexibility index (Phi) is 3.98. The molecule has 1 fully saturated rings. The molecule has 3 aromatic rings. The Hall–Kier alpha value is -2.33. The average molecular weight is 340 g/mol. The van der Waals surface area contributed by atoms with Crippen LogP contribution in [0.4, 0.5) is 0 Å². The van der Waals surface area contributed by atoms with E-state index in [9.17, 15) is 4.79 Å². The van der Waals surface area contributed by atoms with E-state index in [1.54, 1.807) is 0 Å². The number of nitrogens with zero attached hydrogens (tertiary/aromatic N) is 3. The Morgan fingerprint density at radius 1 is 1.04 bits per heavy atom. The molecule has 0 saturated carbocycles. The first-order valence-electron chi connectivity index (χ1n) is 8.22. The van der Waals surface area contributed by atoms with Crippen LogP contribution < -0.4 is 0 Å². The van der Waals surface area contributed by atoms with Gasteiger partial charge in [-0.15, -0.1) is 0 Å². The molecule has 0 N–H and O–H groups in total. The van der Waals surface area contributed by atoms with Crippen molar-refractivity contribution in [1.29, 1.82) is 0 Å². The van der Waals surface area contributed by atoms with Crippen LogP contribution in [0, 0.1) is 0 Å². The summed E-state index contributed by atoms with van der Waals surface area (Å²) in [4.78, 5) is 19.3. The van der Waals surface area contributed by atoms with Crippen molar-refractivity contribution in [2.24, 2.45) is 0 Å². The number of hydrogen-bond acceptors (Lipinski definition) is 2. The molecule has 5 heteroatoms. The van der Waals surface area contributed by atoms with E-state index >= 15 is 0 Å². The lowest BCUT2D eigenvalue weighted by Crippen LogP contribution is -2.31. The van der Waals surface area contributed by atoms with Crippen LogP contribution in [0.5, 0.6) is 0 Å². The van der Waals surface area contributed by atoms with Gasteiger partial charge in [0.05, 0.1) is 16.1 Å². The van der Waals surface area contributed by atoms with Crippen molar-refractivity contribution in [3.05, 3.63) is 53.6 Å². The molecule has 1 aliphatic heterocycles. The summed E-state index contributed by atoms with van der Waals surface area (Å²) >= 11 is 6.37. The second-order valence-corrected chi connectivity index (χ2v) is 6.49. The fraction of sp³-hybridized carbons (Fsp3) is 0.263. The molecule has 122 valence electrons. The van der Waals surface area contributed by atoms with Crippen LogP contribution in [0.1, 0.15) is 12.8 Å². The Labute approximate surface area is 145 Å². The van der Waals surface area contributed by atoms with Crippen molar-refractivity contribution >= 4 is 28.5 Å². The van der Waals surface area contributed by atoms with Crippen LogP contribution >= 0.6 is 11.6 Å². The number of para-hydroxylation sites is 2. The zero-order valence-corrected chi connectivity index (χ0v) is 14.0. The molecule has 0 spiro atoms. The molecule has 1 aliphatic rings. The van der Waals surface area contributed by atoms with Crippen molar-refractivity contribution in [2.75, 3.05) is 13.1 Å². The van der Waals surface area contributed by atoms with Crippen molar-refractivity contribution in [1.82, 2.24) is 14.5 Å². The van der Waals surface area contributed by atoms with Crippen LogP contribution in [0.15, 0.2) is 48.5 Å². The lowest BCUT2D eigenvalue weighted by molar-refractivity contribution is -0.130. The quantitative estimate of drug-likeness (QED) is 0.724. The van der Waals surface area contributed by atoms with Gasteiger partial charge in [0.1, 0.15) is 12.4 Å². The van der Waals surface area contributed by atoms with Gasteiger partial charge in [0.2, 0.25) is 5.91 Å². The van der Waals surface area contributed by atoms with E-state index in [4.69, 9.17) is 16.6 Å². The number of carbonyl (C=O) groups is 1. The minimum Gasteiger partial charge on any atom is -0.341 e. The minimum absolute atomic E-state index is 0.143. The van der Waals surface area contributed by atoms with Gasteiger partial charge in [-0.3, -0.25) is 4.79 Å². The molecule has 4 nitrogen and oxygen atoms in total. The molecular formula is C19H18ClN3O.